The second-order valence-corrected chi connectivity index (χ2v) is 4.65. The molecule has 1 aliphatic rings. The zero-order valence-electron chi connectivity index (χ0n) is 12.0. The van der Waals surface area contributed by atoms with Crippen LogP contribution in [0.15, 0.2) is 0 Å². The highest BCUT2D eigenvalue weighted by Gasteiger charge is 2.20. The third kappa shape index (κ3) is 6.87. The van der Waals surface area contributed by atoms with Crippen LogP contribution in [0.1, 0.15) is 12.8 Å². The number of ether oxygens (including phenoxy) is 3. The van der Waals surface area contributed by atoms with Gasteiger partial charge in [-0.15, -0.1) is 0 Å². The minimum absolute atomic E-state index is 0.133. The molecular formula is C13H26N2O4. The lowest BCUT2D eigenvalue weighted by atomic mass is 10.1. The molecule has 1 saturated heterocycles. The Morgan fingerprint density at radius 1 is 1.32 bits per heavy atom. The molecule has 6 heteroatoms. The molecule has 0 aromatic heterocycles. The molecule has 1 aliphatic heterocycles. The van der Waals surface area contributed by atoms with E-state index >= 15 is 0 Å². The molecular weight excluding hydrogens is 248 g/mol. The van der Waals surface area contributed by atoms with E-state index in [9.17, 15) is 4.79 Å². The number of amides is 1. The van der Waals surface area contributed by atoms with Crippen LogP contribution in [0, 0.1) is 0 Å². The Kier molecular flexibility index (Phi) is 8.73. The van der Waals surface area contributed by atoms with Crippen molar-refractivity contribution in [3.8, 4) is 0 Å². The summed E-state index contributed by atoms with van der Waals surface area (Å²) in [6.07, 6.45) is 1.33. The number of morpholine rings is 1. The van der Waals surface area contributed by atoms with Crippen LogP contribution < -0.4 is 5.32 Å². The average Bonchev–Trinajstić information content (AvgIpc) is 2.43. The van der Waals surface area contributed by atoms with Crippen molar-refractivity contribution in [3.63, 3.8) is 0 Å². The number of hydrogen-bond donors (Lipinski definition) is 1. The number of nitrogens with one attached hydrogen (secondary N) is 1. The summed E-state index contributed by atoms with van der Waals surface area (Å²) in [7, 11) is 3.32. The first-order chi connectivity index (χ1) is 9.27. The normalized spacial score (nSPS) is 19.4. The van der Waals surface area contributed by atoms with Gasteiger partial charge in [0.2, 0.25) is 5.91 Å². The maximum absolute atomic E-state index is 12.2. The van der Waals surface area contributed by atoms with Gasteiger partial charge in [0.1, 0.15) is 0 Å². The van der Waals surface area contributed by atoms with Gasteiger partial charge in [-0.05, 0) is 6.42 Å². The molecule has 19 heavy (non-hydrogen) atoms. The van der Waals surface area contributed by atoms with Crippen molar-refractivity contribution in [1.29, 1.82) is 0 Å². The summed E-state index contributed by atoms with van der Waals surface area (Å²) in [6, 6.07) is 0.133. The predicted octanol–water partition coefficient (Wildman–Crippen LogP) is -0.124. The smallest absolute Gasteiger partial charge is 0.224 e. The van der Waals surface area contributed by atoms with E-state index in [2.05, 4.69) is 5.32 Å². The molecule has 1 atom stereocenters. The molecule has 1 rings (SSSR count). The zero-order chi connectivity index (χ0) is 13.9. The molecule has 0 aromatic rings. The number of hydrogen-bond acceptors (Lipinski definition) is 5. The van der Waals surface area contributed by atoms with Crippen LogP contribution in [0.5, 0.6) is 0 Å². The Labute approximate surface area is 115 Å². The summed E-state index contributed by atoms with van der Waals surface area (Å²) in [5.74, 6) is 0.149. The summed E-state index contributed by atoms with van der Waals surface area (Å²) in [5.41, 5.74) is 0. The number of methoxy groups -OCH3 is 2. The van der Waals surface area contributed by atoms with E-state index in [-0.39, 0.29) is 11.9 Å². The predicted molar refractivity (Wildman–Crippen MR) is 72.2 cm³/mol. The topological polar surface area (TPSA) is 60.0 Å². The molecule has 0 radical (unpaired) electrons. The minimum atomic E-state index is 0.133. The molecule has 0 aliphatic carbocycles. The van der Waals surface area contributed by atoms with E-state index in [4.69, 9.17) is 14.2 Å². The van der Waals surface area contributed by atoms with Crippen molar-refractivity contribution in [3.05, 3.63) is 0 Å². The van der Waals surface area contributed by atoms with Crippen LogP contribution in [0.3, 0.4) is 0 Å². The molecule has 0 spiro atoms. The summed E-state index contributed by atoms with van der Waals surface area (Å²) >= 11 is 0. The molecule has 6 nitrogen and oxygen atoms in total. The van der Waals surface area contributed by atoms with Gasteiger partial charge in [-0.1, -0.05) is 0 Å². The summed E-state index contributed by atoms with van der Waals surface area (Å²) in [5, 5.41) is 3.30. The van der Waals surface area contributed by atoms with Crippen LogP contribution in [-0.2, 0) is 19.0 Å². The molecule has 1 heterocycles. The van der Waals surface area contributed by atoms with Crippen LogP contribution in [-0.4, -0.2) is 77.1 Å². The SMILES string of the molecule is COCCCN(CCOC)C(=O)CC1COCCN1. The quantitative estimate of drug-likeness (QED) is 0.594. The largest absolute Gasteiger partial charge is 0.385 e. The lowest BCUT2D eigenvalue weighted by Crippen LogP contribution is -2.45. The Bertz CT molecular complexity index is 245. The van der Waals surface area contributed by atoms with Gasteiger partial charge in [-0.25, -0.2) is 0 Å². The van der Waals surface area contributed by atoms with Crippen LogP contribution in [0.4, 0.5) is 0 Å². The van der Waals surface area contributed by atoms with E-state index in [1.165, 1.54) is 0 Å². The van der Waals surface area contributed by atoms with Crippen molar-refractivity contribution < 1.29 is 19.0 Å². The van der Waals surface area contributed by atoms with Gasteiger partial charge in [0.15, 0.2) is 0 Å². The monoisotopic (exact) mass is 274 g/mol. The van der Waals surface area contributed by atoms with E-state index < -0.39 is 0 Å². The highest BCUT2D eigenvalue weighted by atomic mass is 16.5. The third-order valence-electron chi connectivity index (χ3n) is 3.11. The molecule has 1 N–H and O–H groups in total. The van der Waals surface area contributed by atoms with Gasteiger partial charge in [-0.3, -0.25) is 4.79 Å². The van der Waals surface area contributed by atoms with Crippen molar-refractivity contribution in [2.24, 2.45) is 0 Å². The molecule has 0 saturated carbocycles. The van der Waals surface area contributed by atoms with Crippen molar-refractivity contribution in [2.45, 2.75) is 18.9 Å². The number of carbonyl (C=O) groups is 1. The number of nitrogens with zero attached hydrogens (tertiary/aromatic N) is 1. The minimum Gasteiger partial charge on any atom is -0.385 e. The van der Waals surface area contributed by atoms with E-state index in [0.717, 1.165) is 19.6 Å². The van der Waals surface area contributed by atoms with Gasteiger partial charge < -0.3 is 24.4 Å². The van der Waals surface area contributed by atoms with Crippen LogP contribution >= 0.6 is 0 Å². The van der Waals surface area contributed by atoms with Crippen molar-refractivity contribution in [2.75, 3.05) is 60.3 Å². The lowest BCUT2D eigenvalue weighted by Gasteiger charge is -2.27. The molecule has 0 bridgehead atoms. The fourth-order valence-corrected chi connectivity index (χ4v) is 2.05. The average molecular weight is 274 g/mol. The Balaban J connectivity index is 2.35. The molecule has 1 unspecified atom stereocenters. The molecule has 0 aromatic carbocycles. The van der Waals surface area contributed by atoms with Crippen LogP contribution in [0.2, 0.25) is 0 Å². The van der Waals surface area contributed by atoms with E-state index in [0.29, 0.717) is 39.3 Å². The van der Waals surface area contributed by atoms with Gasteiger partial charge in [0, 0.05) is 52.9 Å². The van der Waals surface area contributed by atoms with Gasteiger partial charge in [0.25, 0.3) is 0 Å². The number of carbonyl (C=O) groups excluding carboxylic acids is 1. The highest BCUT2D eigenvalue weighted by molar-refractivity contribution is 5.76. The maximum Gasteiger partial charge on any atom is 0.224 e. The molecule has 112 valence electrons. The van der Waals surface area contributed by atoms with Gasteiger partial charge in [-0.2, -0.15) is 0 Å². The first-order valence-electron chi connectivity index (χ1n) is 6.84. The lowest BCUT2D eigenvalue weighted by molar-refractivity contribution is -0.133. The first kappa shape index (κ1) is 16.4. The standard InChI is InChI=1S/C13H26N2O4/c1-17-7-3-5-15(6-9-18-2)13(16)10-12-11-19-8-4-14-12/h12,14H,3-11H2,1-2H3. The second-order valence-electron chi connectivity index (χ2n) is 4.65. The highest BCUT2D eigenvalue weighted by Crippen LogP contribution is 2.04. The summed E-state index contributed by atoms with van der Waals surface area (Å²) in [6.45, 7) is 4.73. The van der Waals surface area contributed by atoms with Crippen molar-refractivity contribution >= 4 is 5.91 Å². The fraction of sp³-hybridized carbons (Fsp3) is 0.923. The van der Waals surface area contributed by atoms with E-state index in [1.54, 1.807) is 14.2 Å². The fourth-order valence-electron chi connectivity index (χ4n) is 2.05. The summed E-state index contributed by atoms with van der Waals surface area (Å²) in [4.78, 5) is 14.1. The first-order valence-corrected chi connectivity index (χ1v) is 6.84. The molecule has 1 fully saturated rings. The third-order valence-corrected chi connectivity index (χ3v) is 3.11. The molecule has 1 amide bonds. The Morgan fingerprint density at radius 3 is 2.74 bits per heavy atom. The second kappa shape index (κ2) is 10.1. The Hall–Kier alpha value is -0.690. The zero-order valence-corrected chi connectivity index (χ0v) is 12.0. The summed E-state index contributed by atoms with van der Waals surface area (Å²) < 4.78 is 15.4. The maximum atomic E-state index is 12.2. The van der Waals surface area contributed by atoms with Crippen LogP contribution in [0.25, 0.3) is 0 Å². The van der Waals surface area contributed by atoms with E-state index in [1.807, 2.05) is 4.90 Å². The Morgan fingerprint density at radius 2 is 2.11 bits per heavy atom. The van der Waals surface area contributed by atoms with Gasteiger partial charge in [0.05, 0.1) is 19.8 Å². The van der Waals surface area contributed by atoms with Gasteiger partial charge >= 0.3 is 0 Å². The number of rotatable bonds is 9. The van der Waals surface area contributed by atoms with Crippen molar-refractivity contribution in [1.82, 2.24) is 10.2 Å².